The molecule has 3 rings (SSSR count). The van der Waals surface area contributed by atoms with E-state index in [1.807, 2.05) is 19.1 Å². The number of carboxylic acid groups (broad SMARTS) is 1. The summed E-state index contributed by atoms with van der Waals surface area (Å²) in [6.07, 6.45) is 1.66. The van der Waals surface area contributed by atoms with Gasteiger partial charge in [-0.2, -0.15) is 0 Å². The molecule has 1 aliphatic rings. The monoisotopic (exact) mass is 496 g/mol. The Morgan fingerprint density at radius 1 is 1.34 bits per heavy atom. The van der Waals surface area contributed by atoms with Crippen molar-refractivity contribution in [3.63, 3.8) is 0 Å². The Balaban J connectivity index is 1.92. The topological polar surface area (TPSA) is 127 Å². The number of fused-ring (bicyclic) bond motifs is 1. The zero-order valence-corrected chi connectivity index (χ0v) is 21.2. The molecule has 0 saturated heterocycles. The first-order valence-corrected chi connectivity index (χ1v) is 11.3. The number of nitrogens with two attached hydrogens (primary N) is 1. The predicted molar refractivity (Wildman–Crippen MR) is 137 cm³/mol. The molecule has 35 heavy (non-hydrogen) atoms. The standard InChI is InChI=1S/C26H29ClN4O4/c1-13(11-25(5,6)24(33)34)12-35-16(4)26(7)19-20(28)29-21(30-22(19)31-23(26)32)15(3)18-9-8-17(27)10-14(18)2/h8-10,12H,3-4,11H2,1-2,5-7H3,(H,33,34)(H3,28,29,30,31,32)/b13-12+. The average Bonchev–Trinajstić information content (AvgIpc) is 3.02. The van der Waals surface area contributed by atoms with Crippen molar-refractivity contribution in [2.45, 2.75) is 46.5 Å². The van der Waals surface area contributed by atoms with Crippen molar-refractivity contribution in [3.8, 4) is 0 Å². The van der Waals surface area contributed by atoms with Gasteiger partial charge in [-0.1, -0.05) is 30.8 Å². The van der Waals surface area contributed by atoms with Crippen LogP contribution in [0.25, 0.3) is 5.57 Å². The van der Waals surface area contributed by atoms with Crippen LogP contribution in [-0.4, -0.2) is 27.0 Å². The lowest BCUT2D eigenvalue weighted by molar-refractivity contribution is -0.146. The highest BCUT2D eigenvalue weighted by Gasteiger charge is 2.49. The highest BCUT2D eigenvalue weighted by molar-refractivity contribution is 6.30. The van der Waals surface area contributed by atoms with Crippen molar-refractivity contribution in [3.05, 3.63) is 76.5 Å². The summed E-state index contributed by atoms with van der Waals surface area (Å²) in [6, 6.07) is 5.39. The molecule has 0 fully saturated rings. The number of allylic oxidation sites excluding steroid dienone is 1. The number of amides is 1. The molecule has 1 atom stereocenters. The number of aryl methyl sites for hydroxylation is 1. The number of benzene rings is 1. The van der Waals surface area contributed by atoms with Gasteiger partial charge in [0.25, 0.3) is 0 Å². The van der Waals surface area contributed by atoms with E-state index in [1.165, 1.54) is 6.26 Å². The summed E-state index contributed by atoms with van der Waals surface area (Å²) in [5.41, 5.74) is 7.26. The molecule has 2 aromatic rings. The minimum atomic E-state index is -1.35. The molecule has 0 aliphatic carbocycles. The van der Waals surface area contributed by atoms with E-state index in [1.54, 1.807) is 33.8 Å². The highest BCUT2D eigenvalue weighted by atomic mass is 35.5. The second-order valence-electron chi connectivity index (χ2n) is 9.54. The number of halogens is 1. The number of aliphatic carboxylic acids is 1. The summed E-state index contributed by atoms with van der Waals surface area (Å²) >= 11 is 6.06. The number of hydrogen-bond acceptors (Lipinski definition) is 6. The summed E-state index contributed by atoms with van der Waals surface area (Å²) in [7, 11) is 0. The molecular formula is C26H29ClN4O4. The van der Waals surface area contributed by atoms with Gasteiger partial charge in [-0.15, -0.1) is 0 Å². The van der Waals surface area contributed by atoms with E-state index in [0.717, 1.165) is 11.1 Å². The van der Waals surface area contributed by atoms with Gasteiger partial charge in [0.2, 0.25) is 5.91 Å². The fraction of sp³-hybridized carbons (Fsp3) is 0.308. The molecule has 0 saturated carbocycles. The molecule has 1 unspecified atom stereocenters. The van der Waals surface area contributed by atoms with E-state index in [0.29, 0.717) is 21.7 Å². The zero-order chi connectivity index (χ0) is 26.3. The Labute approximate surface area is 209 Å². The lowest BCUT2D eigenvalue weighted by Gasteiger charge is -2.25. The molecule has 9 heteroatoms. The van der Waals surface area contributed by atoms with Crippen LogP contribution in [-0.2, 0) is 19.7 Å². The van der Waals surface area contributed by atoms with Crippen molar-refractivity contribution in [1.82, 2.24) is 9.97 Å². The van der Waals surface area contributed by atoms with Gasteiger partial charge in [-0.05, 0) is 69.9 Å². The predicted octanol–water partition coefficient (Wildman–Crippen LogP) is 5.23. The van der Waals surface area contributed by atoms with Crippen molar-refractivity contribution < 1.29 is 19.4 Å². The van der Waals surface area contributed by atoms with Crippen LogP contribution < -0.4 is 11.1 Å². The van der Waals surface area contributed by atoms with Gasteiger partial charge in [0.15, 0.2) is 5.82 Å². The van der Waals surface area contributed by atoms with Crippen LogP contribution >= 0.6 is 11.6 Å². The van der Waals surface area contributed by atoms with Gasteiger partial charge in [-0.3, -0.25) is 9.59 Å². The third kappa shape index (κ3) is 4.79. The number of carboxylic acids is 1. The first-order chi connectivity index (χ1) is 16.2. The van der Waals surface area contributed by atoms with Crippen molar-refractivity contribution >= 4 is 40.7 Å². The summed E-state index contributed by atoms with van der Waals surface area (Å²) in [5.74, 6) is -0.607. The number of aromatic nitrogens is 2. The number of carbonyl (C=O) groups is 2. The van der Waals surface area contributed by atoms with Crippen LogP contribution in [0.4, 0.5) is 11.6 Å². The molecule has 0 radical (unpaired) electrons. The van der Waals surface area contributed by atoms with E-state index in [9.17, 15) is 14.7 Å². The summed E-state index contributed by atoms with van der Waals surface area (Å²) < 4.78 is 5.72. The maximum Gasteiger partial charge on any atom is 0.309 e. The van der Waals surface area contributed by atoms with Crippen molar-refractivity contribution in [1.29, 1.82) is 0 Å². The molecule has 8 nitrogen and oxygen atoms in total. The molecule has 2 heterocycles. The fourth-order valence-corrected chi connectivity index (χ4v) is 4.23. The Morgan fingerprint density at radius 3 is 2.60 bits per heavy atom. The van der Waals surface area contributed by atoms with Gasteiger partial charge in [-0.25, -0.2) is 9.97 Å². The van der Waals surface area contributed by atoms with Crippen LogP contribution in [0, 0.1) is 12.3 Å². The molecule has 1 aromatic carbocycles. The first kappa shape index (κ1) is 26.0. The van der Waals surface area contributed by atoms with E-state index < -0.39 is 22.7 Å². The van der Waals surface area contributed by atoms with Gasteiger partial charge in [0.1, 0.15) is 22.8 Å². The number of ether oxygens (including phenoxy) is 1. The number of carbonyl (C=O) groups excluding carboxylic acids is 1. The summed E-state index contributed by atoms with van der Waals surface area (Å²) in [5, 5.41) is 12.7. The molecular weight excluding hydrogens is 468 g/mol. The van der Waals surface area contributed by atoms with Crippen molar-refractivity contribution in [2.75, 3.05) is 11.1 Å². The van der Waals surface area contributed by atoms with Crippen LogP contribution in [0.1, 0.15) is 56.6 Å². The lowest BCUT2D eigenvalue weighted by atomic mass is 9.82. The third-order valence-corrected chi connectivity index (χ3v) is 6.40. The second-order valence-corrected chi connectivity index (χ2v) is 9.98. The minimum absolute atomic E-state index is 0.0936. The number of anilines is 2. The van der Waals surface area contributed by atoms with Gasteiger partial charge < -0.3 is 20.9 Å². The minimum Gasteiger partial charge on any atom is -0.481 e. The quantitative estimate of drug-likeness (QED) is 0.427. The number of hydrogen-bond donors (Lipinski definition) is 3. The molecule has 1 aromatic heterocycles. The van der Waals surface area contributed by atoms with E-state index >= 15 is 0 Å². The van der Waals surface area contributed by atoms with E-state index in [2.05, 4.69) is 28.4 Å². The highest BCUT2D eigenvalue weighted by Crippen LogP contribution is 2.45. The zero-order valence-electron chi connectivity index (χ0n) is 20.5. The van der Waals surface area contributed by atoms with E-state index in [4.69, 9.17) is 22.1 Å². The lowest BCUT2D eigenvalue weighted by Crippen LogP contribution is -2.34. The van der Waals surface area contributed by atoms with Gasteiger partial charge >= 0.3 is 5.97 Å². The molecule has 0 bridgehead atoms. The number of nitrogens with zero attached hydrogens (tertiary/aromatic N) is 2. The molecule has 1 aliphatic heterocycles. The Bertz CT molecular complexity index is 1300. The molecule has 4 N–H and O–H groups in total. The number of rotatable bonds is 8. The number of nitrogen functional groups attached to an aromatic ring is 1. The summed E-state index contributed by atoms with van der Waals surface area (Å²) in [4.78, 5) is 33.4. The fourth-order valence-electron chi connectivity index (χ4n) is 4.00. The molecule has 1 amide bonds. The second kappa shape index (κ2) is 9.19. The largest absolute Gasteiger partial charge is 0.481 e. The van der Waals surface area contributed by atoms with Crippen LogP contribution in [0.2, 0.25) is 5.02 Å². The maximum atomic E-state index is 13.0. The van der Waals surface area contributed by atoms with Crippen LogP contribution in [0.5, 0.6) is 0 Å². The smallest absolute Gasteiger partial charge is 0.309 e. The normalized spacial score (nSPS) is 17.5. The van der Waals surface area contributed by atoms with Gasteiger partial charge in [0, 0.05) is 10.6 Å². The maximum absolute atomic E-state index is 13.0. The Hall–Kier alpha value is -3.65. The average molecular weight is 497 g/mol. The van der Waals surface area contributed by atoms with Crippen LogP contribution in [0.3, 0.4) is 0 Å². The summed E-state index contributed by atoms with van der Waals surface area (Å²) in [6.45, 7) is 16.6. The molecule has 184 valence electrons. The van der Waals surface area contributed by atoms with Crippen LogP contribution in [0.15, 0.2) is 49.0 Å². The van der Waals surface area contributed by atoms with Crippen molar-refractivity contribution in [2.24, 2.45) is 5.41 Å². The number of nitrogens with one attached hydrogen (secondary N) is 1. The van der Waals surface area contributed by atoms with E-state index in [-0.39, 0.29) is 29.6 Å². The van der Waals surface area contributed by atoms with Gasteiger partial charge in [0.05, 0.1) is 17.2 Å². The third-order valence-electron chi connectivity index (χ3n) is 6.17. The Morgan fingerprint density at radius 2 is 2.00 bits per heavy atom. The first-order valence-electron chi connectivity index (χ1n) is 10.9. The SMILES string of the molecule is C=C(c1nc(N)c2c(n1)NC(=O)C2(C)C(=C)O/C=C(\C)CC(C)(C)C(=O)O)c1ccc(Cl)cc1C. The Kier molecular flexibility index (Phi) is 6.81. The molecule has 0 spiro atoms.